The summed E-state index contributed by atoms with van der Waals surface area (Å²) >= 11 is 0. The minimum atomic E-state index is -2.68. The van der Waals surface area contributed by atoms with Crippen LogP contribution in [-0.2, 0) is 0 Å². The first-order chi connectivity index (χ1) is 14.9. The maximum absolute atomic E-state index is 13.4. The summed E-state index contributed by atoms with van der Waals surface area (Å²) in [7, 11) is 1.82. The SMILES string of the molecule is CN1NN=C(c2cccc(-n3ccc4cc(C(=O)N5CCC(F)(F)CC5)cnc43)c2)N1. The molecule has 1 aromatic carbocycles. The van der Waals surface area contributed by atoms with Crippen molar-refractivity contribution >= 4 is 22.8 Å². The topological polar surface area (TPSA) is 77.8 Å². The van der Waals surface area contributed by atoms with Gasteiger partial charge in [0.2, 0.25) is 0 Å². The Labute approximate surface area is 177 Å². The van der Waals surface area contributed by atoms with E-state index in [4.69, 9.17) is 0 Å². The molecule has 2 aliphatic heterocycles. The van der Waals surface area contributed by atoms with Gasteiger partial charge < -0.3 is 9.47 Å². The van der Waals surface area contributed by atoms with Gasteiger partial charge in [-0.05, 0) is 24.3 Å². The molecule has 1 saturated heterocycles. The highest BCUT2D eigenvalue weighted by Crippen LogP contribution is 2.29. The summed E-state index contributed by atoms with van der Waals surface area (Å²) in [4.78, 5) is 18.7. The zero-order chi connectivity index (χ0) is 21.6. The molecule has 1 amide bonds. The molecule has 1 fully saturated rings. The van der Waals surface area contributed by atoms with E-state index in [1.54, 1.807) is 11.2 Å². The fourth-order valence-corrected chi connectivity index (χ4v) is 3.83. The third-order valence-corrected chi connectivity index (χ3v) is 5.54. The van der Waals surface area contributed by atoms with Gasteiger partial charge in [0, 0.05) is 62.0 Å². The number of alkyl halides is 2. The van der Waals surface area contributed by atoms with Crippen LogP contribution in [0.15, 0.2) is 53.9 Å². The lowest BCUT2D eigenvalue weighted by Gasteiger charge is -2.31. The van der Waals surface area contributed by atoms with Gasteiger partial charge in [-0.15, -0.1) is 10.2 Å². The number of hydrogen-bond donors (Lipinski definition) is 2. The fourth-order valence-electron chi connectivity index (χ4n) is 3.83. The van der Waals surface area contributed by atoms with Crippen LogP contribution in [0, 0.1) is 0 Å². The second kappa shape index (κ2) is 7.31. The van der Waals surface area contributed by atoms with Gasteiger partial charge in [-0.3, -0.25) is 10.2 Å². The standard InChI is InChI=1S/C21H21F2N7O/c1-28-26-18(25-27-28)14-3-2-4-17(12-14)30-8-5-15-11-16(13-24-19(15)30)20(31)29-9-6-21(22,23)7-10-29/h2-5,8,11-13,27H,6-7,9-10H2,1H3,(H,25,26). The number of hydrogen-bond acceptors (Lipinski definition) is 6. The molecule has 5 rings (SSSR count). The zero-order valence-electron chi connectivity index (χ0n) is 16.8. The van der Waals surface area contributed by atoms with E-state index in [-0.39, 0.29) is 31.8 Å². The van der Waals surface area contributed by atoms with Crippen LogP contribution in [-0.4, -0.2) is 57.4 Å². The van der Waals surface area contributed by atoms with Gasteiger partial charge in [-0.25, -0.2) is 19.3 Å². The lowest BCUT2D eigenvalue weighted by molar-refractivity contribution is -0.0494. The first-order valence-electron chi connectivity index (χ1n) is 9.98. The van der Waals surface area contributed by atoms with Crippen LogP contribution in [0.3, 0.4) is 0 Å². The van der Waals surface area contributed by atoms with Crippen LogP contribution in [0.25, 0.3) is 16.7 Å². The molecule has 10 heteroatoms. The second-order valence-electron chi connectivity index (χ2n) is 7.75. The maximum Gasteiger partial charge on any atom is 0.255 e. The highest BCUT2D eigenvalue weighted by Gasteiger charge is 2.35. The molecule has 0 bridgehead atoms. The molecule has 2 N–H and O–H groups in total. The van der Waals surface area contributed by atoms with Crippen molar-refractivity contribution in [1.82, 2.24) is 30.5 Å². The molecule has 2 aliphatic rings. The number of hydrazone groups is 1. The summed E-state index contributed by atoms with van der Waals surface area (Å²) in [6.07, 6.45) is 2.80. The summed E-state index contributed by atoms with van der Waals surface area (Å²) in [6.45, 7) is 0.110. The molecule has 3 aromatic rings. The van der Waals surface area contributed by atoms with Gasteiger partial charge in [-0.2, -0.15) is 0 Å². The number of aromatic nitrogens is 2. The Balaban J connectivity index is 1.41. The van der Waals surface area contributed by atoms with E-state index in [0.717, 1.165) is 16.6 Å². The van der Waals surface area contributed by atoms with Crippen LogP contribution in [0.4, 0.5) is 8.78 Å². The van der Waals surface area contributed by atoms with Crippen LogP contribution in [0.2, 0.25) is 0 Å². The number of hydrazine groups is 2. The molecule has 160 valence electrons. The third kappa shape index (κ3) is 3.70. The zero-order valence-corrected chi connectivity index (χ0v) is 16.8. The average molecular weight is 425 g/mol. The van der Waals surface area contributed by atoms with Crippen molar-refractivity contribution in [3.63, 3.8) is 0 Å². The molecular formula is C21H21F2N7O. The molecule has 0 aliphatic carbocycles. The number of benzene rings is 1. The summed E-state index contributed by atoms with van der Waals surface area (Å²) in [5.74, 6) is -2.24. The van der Waals surface area contributed by atoms with Crippen molar-refractivity contribution in [2.24, 2.45) is 5.10 Å². The van der Waals surface area contributed by atoms with E-state index >= 15 is 0 Å². The summed E-state index contributed by atoms with van der Waals surface area (Å²) in [6, 6.07) is 11.5. The number of halogens is 2. The number of fused-ring (bicyclic) bond motifs is 1. The van der Waals surface area contributed by atoms with Gasteiger partial charge in [0.25, 0.3) is 11.8 Å². The number of pyridine rings is 1. The van der Waals surface area contributed by atoms with Crippen LogP contribution in [0.1, 0.15) is 28.8 Å². The summed E-state index contributed by atoms with van der Waals surface area (Å²) in [5, 5.41) is 6.68. The molecule has 8 nitrogen and oxygen atoms in total. The Morgan fingerprint density at radius 3 is 2.71 bits per heavy atom. The third-order valence-electron chi connectivity index (χ3n) is 5.54. The Kier molecular flexibility index (Phi) is 4.58. The van der Waals surface area contributed by atoms with Crippen LogP contribution in [0.5, 0.6) is 0 Å². The normalized spacial score (nSPS) is 18.5. The number of likely N-dealkylation sites (tertiary alicyclic amines) is 1. The molecule has 0 radical (unpaired) electrons. The molecule has 0 saturated carbocycles. The number of amides is 1. The maximum atomic E-state index is 13.4. The predicted octanol–water partition coefficient (Wildman–Crippen LogP) is 2.51. The lowest BCUT2D eigenvalue weighted by atomic mass is 10.1. The number of amidine groups is 1. The van der Waals surface area contributed by atoms with Crippen molar-refractivity contribution in [2.75, 3.05) is 20.1 Å². The highest BCUT2D eigenvalue weighted by molar-refractivity contribution is 5.99. The van der Waals surface area contributed by atoms with E-state index in [2.05, 4.69) is 21.0 Å². The molecule has 0 unspecified atom stereocenters. The Bertz CT molecular complexity index is 1180. The molecule has 31 heavy (non-hydrogen) atoms. The van der Waals surface area contributed by atoms with Crippen molar-refractivity contribution in [2.45, 2.75) is 18.8 Å². The number of nitrogens with zero attached hydrogens (tertiary/aromatic N) is 5. The van der Waals surface area contributed by atoms with Crippen molar-refractivity contribution in [1.29, 1.82) is 0 Å². The van der Waals surface area contributed by atoms with Crippen molar-refractivity contribution < 1.29 is 13.6 Å². The number of carbonyl (C=O) groups is 1. The summed E-state index contributed by atoms with van der Waals surface area (Å²) < 4.78 is 28.7. The lowest BCUT2D eigenvalue weighted by Crippen LogP contribution is -2.42. The minimum Gasteiger partial charge on any atom is -0.338 e. The Morgan fingerprint density at radius 1 is 1.16 bits per heavy atom. The molecule has 0 atom stereocenters. The molecular weight excluding hydrogens is 404 g/mol. The van der Waals surface area contributed by atoms with E-state index in [1.165, 1.54) is 11.1 Å². The molecule has 4 heterocycles. The van der Waals surface area contributed by atoms with Crippen LogP contribution >= 0.6 is 0 Å². The average Bonchev–Trinajstić information content (AvgIpc) is 3.39. The number of rotatable bonds is 3. The second-order valence-corrected chi connectivity index (χ2v) is 7.75. The number of carbonyl (C=O) groups excluding carboxylic acids is 1. The number of piperidine rings is 1. The Hall–Kier alpha value is -3.53. The fraction of sp³-hybridized carbons (Fsp3) is 0.286. The van der Waals surface area contributed by atoms with Crippen LogP contribution < -0.4 is 11.0 Å². The van der Waals surface area contributed by atoms with E-state index in [0.29, 0.717) is 17.0 Å². The predicted molar refractivity (Wildman–Crippen MR) is 112 cm³/mol. The van der Waals surface area contributed by atoms with E-state index < -0.39 is 5.92 Å². The summed E-state index contributed by atoms with van der Waals surface area (Å²) in [5.41, 5.74) is 8.82. The smallest absolute Gasteiger partial charge is 0.255 e. The van der Waals surface area contributed by atoms with Crippen molar-refractivity contribution in [3.8, 4) is 5.69 Å². The number of nitrogens with one attached hydrogen (secondary N) is 2. The van der Waals surface area contributed by atoms with Gasteiger partial charge in [0.15, 0.2) is 5.84 Å². The quantitative estimate of drug-likeness (QED) is 0.674. The highest BCUT2D eigenvalue weighted by atomic mass is 19.3. The molecule has 0 spiro atoms. The van der Waals surface area contributed by atoms with Crippen molar-refractivity contribution in [3.05, 3.63) is 59.9 Å². The van der Waals surface area contributed by atoms with Gasteiger partial charge in [0.05, 0.1) is 5.56 Å². The monoisotopic (exact) mass is 425 g/mol. The van der Waals surface area contributed by atoms with Gasteiger partial charge >= 0.3 is 0 Å². The minimum absolute atomic E-state index is 0.0552. The first-order valence-corrected chi connectivity index (χ1v) is 9.98. The largest absolute Gasteiger partial charge is 0.338 e. The Morgan fingerprint density at radius 2 is 1.97 bits per heavy atom. The van der Waals surface area contributed by atoms with Gasteiger partial charge in [0.1, 0.15) is 5.65 Å². The van der Waals surface area contributed by atoms with E-state index in [1.807, 2.05) is 48.1 Å². The van der Waals surface area contributed by atoms with Gasteiger partial charge in [-0.1, -0.05) is 12.1 Å². The first kappa shape index (κ1) is 19.4. The van der Waals surface area contributed by atoms with E-state index in [9.17, 15) is 13.6 Å². The molecule has 2 aromatic heterocycles.